The normalized spacial score (nSPS) is 25.5. The van der Waals surface area contributed by atoms with Crippen LogP contribution in [0.5, 0.6) is 0 Å². The smallest absolute Gasteiger partial charge is 0.331 e. The molecule has 0 saturated carbocycles. The maximum absolute atomic E-state index is 13.1. The molecule has 2 unspecified atom stereocenters. The van der Waals surface area contributed by atoms with Crippen LogP contribution in [0.2, 0.25) is 0 Å². The van der Waals surface area contributed by atoms with Crippen molar-refractivity contribution in [3.8, 4) is 0 Å². The number of nitrogens with one attached hydrogen (secondary N) is 1. The minimum absolute atomic E-state index is 0.125. The first-order valence-corrected chi connectivity index (χ1v) is 6.14. The lowest BCUT2D eigenvalue weighted by Gasteiger charge is -2.41. The number of alkyl halides is 5. The van der Waals surface area contributed by atoms with Crippen LogP contribution in [0.4, 0.5) is 22.0 Å². The third kappa shape index (κ3) is 3.16. The summed E-state index contributed by atoms with van der Waals surface area (Å²) in [5, 5.41) is 3.02. The molecule has 8 heteroatoms. The molecule has 1 N–H and O–H groups in total. The molecule has 0 bridgehead atoms. The number of carbonyl (C=O) groups excluding carboxylic acids is 1. The molecule has 0 spiro atoms. The highest BCUT2D eigenvalue weighted by Gasteiger charge is 2.65. The zero-order chi connectivity index (χ0) is 14.8. The third-order valence-electron chi connectivity index (χ3n) is 3.35. The number of hydrogen-bond acceptors (Lipinski definition) is 2. The number of rotatable bonds is 3. The second-order valence-corrected chi connectivity index (χ2v) is 4.61. The largest absolute Gasteiger partial charge is 0.463 e. The molecule has 1 aliphatic rings. The Bertz CT molecular complexity index is 332. The molecule has 0 aromatic rings. The summed E-state index contributed by atoms with van der Waals surface area (Å²) >= 11 is 0. The first-order chi connectivity index (χ1) is 8.65. The van der Waals surface area contributed by atoms with E-state index in [1.54, 1.807) is 13.8 Å². The van der Waals surface area contributed by atoms with Gasteiger partial charge >= 0.3 is 18.0 Å². The van der Waals surface area contributed by atoms with Gasteiger partial charge in [0.2, 0.25) is 0 Å². The van der Waals surface area contributed by atoms with Gasteiger partial charge in [-0.2, -0.15) is 22.0 Å². The average molecular weight is 288 g/mol. The number of amides is 1. The van der Waals surface area contributed by atoms with Crippen LogP contribution in [-0.4, -0.2) is 48.1 Å². The fourth-order valence-electron chi connectivity index (χ4n) is 2.05. The second kappa shape index (κ2) is 5.60. The Morgan fingerprint density at radius 2 is 1.79 bits per heavy atom. The zero-order valence-corrected chi connectivity index (χ0v) is 10.7. The van der Waals surface area contributed by atoms with E-state index in [1.165, 1.54) is 0 Å². The monoisotopic (exact) mass is 288 g/mol. The van der Waals surface area contributed by atoms with Gasteiger partial charge < -0.3 is 10.2 Å². The van der Waals surface area contributed by atoms with Crippen LogP contribution in [0.1, 0.15) is 26.7 Å². The summed E-state index contributed by atoms with van der Waals surface area (Å²) < 4.78 is 62.9. The summed E-state index contributed by atoms with van der Waals surface area (Å²) in [6, 6.07) is -0.890. The molecule has 0 radical (unpaired) electrons. The standard InChI is InChI=1S/C11H17F5N2O/c1-3-7-6-18(8(4-2)5-17-7)9(19)10(12,13)11(14,15)16/h7-8,17H,3-6H2,1-2H3. The van der Waals surface area contributed by atoms with Gasteiger partial charge in [-0.25, -0.2) is 0 Å². The highest BCUT2D eigenvalue weighted by Crippen LogP contribution is 2.37. The van der Waals surface area contributed by atoms with E-state index in [4.69, 9.17) is 0 Å². The van der Waals surface area contributed by atoms with Gasteiger partial charge in [0.1, 0.15) is 0 Å². The van der Waals surface area contributed by atoms with Crippen molar-refractivity contribution in [1.82, 2.24) is 10.2 Å². The third-order valence-corrected chi connectivity index (χ3v) is 3.35. The van der Waals surface area contributed by atoms with Crippen molar-refractivity contribution in [2.24, 2.45) is 0 Å². The van der Waals surface area contributed by atoms with E-state index in [0.29, 0.717) is 17.7 Å². The Kier molecular flexibility index (Phi) is 4.76. The molecule has 2 atom stereocenters. The molecule has 19 heavy (non-hydrogen) atoms. The summed E-state index contributed by atoms with van der Waals surface area (Å²) in [5.41, 5.74) is 0. The predicted octanol–water partition coefficient (Wildman–Crippen LogP) is 2.17. The maximum Gasteiger partial charge on any atom is 0.463 e. The van der Waals surface area contributed by atoms with Crippen LogP contribution < -0.4 is 5.32 Å². The molecule has 0 aliphatic carbocycles. The van der Waals surface area contributed by atoms with E-state index < -0.39 is 24.0 Å². The number of halogens is 5. The average Bonchev–Trinajstić information content (AvgIpc) is 2.35. The van der Waals surface area contributed by atoms with E-state index in [2.05, 4.69) is 5.32 Å². The van der Waals surface area contributed by atoms with E-state index in [0.717, 1.165) is 0 Å². The predicted molar refractivity (Wildman–Crippen MR) is 58.9 cm³/mol. The molecule has 112 valence electrons. The lowest BCUT2D eigenvalue weighted by molar-refractivity contribution is -0.275. The van der Waals surface area contributed by atoms with Gasteiger partial charge in [-0.3, -0.25) is 4.79 Å². The lowest BCUT2D eigenvalue weighted by Crippen LogP contribution is -2.63. The molecule has 0 aromatic heterocycles. The van der Waals surface area contributed by atoms with Gasteiger partial charge in [0, 0.05) is 25.2 Å². The van der Waals surface area contributed by atoms with Crippen LogP contribution in [0.3, 0.4) is 0 Å². The van der Waals surface area contributed by atoms with Crippen molar-refractivity contribution in [2.45, 2.75) is 50.9 Å². The van der Waals surface area contributed by atoms with Crippen molar-refractivity contribution in [1.29, 1.82) is 0 Å². The van der Waals surface area contributed by atoms with Gasteiger partial charge in [-0.1, -0.05) is 13.8 Å². The molecule has 1 heterocycles. The first kappa shape index (κ1) is 16.1. The first-order valence-electron chi connectivity index (χ1n) is 6.14. The highest BCUT2D eigenvalue weighted by molar-refractivity contribution is 5.85. The molecule has 3 nitrogen and oxygen atoms in total. The van der Waals surface area contributed by atoms with Crippen molar-refractivity contribution in [3.63, 3.8) is 0 Å². The second-order valence-electron chi connectivity index (χ2n) is 4.61. The Labute approximate surface area is 108 Å². The molecular formula is C11H17F5N2O. The Hall–Kier alpha value is -0.920. The quantitative estimate of drug-likeness (QED) is 0.807. The van der Waals surface area contributed by atoms with E-state index in [9.17, 15) is 26.7 Å². The lowest BCUT2D eigenvalue weighted by atomic mass is 10.0. The zero-order valence-electron chi connectivity index (χ0n) is 10.7. The molecule has 1 aliphatic heterocycles. The maximum atomic E-state index is 13.1. The van der Waals surface area contributed by atoms with E-state index in [1.807, 2.05) is 0 Å². The number of carbonyl (C=O) groups is 1. The minimum atomic E-state index is -5.85. The van der Waals surface area contributed by atoms with Crippen LogP contribution in [0.15, 0.2) is 0 Å². The summed E-state index contributed by atoms with van der Waals surface area (Å²) in [4.78, 5) is 12.2. The van der Waals surface area contributed by atoms with Gasteiger partial charge in [0.25, 0.3) is 0 Å². The van der Waals surface area contributed by atoms with Crippen molar-refractivity contribution < 1.29 is 26.7 Å². The topological polar surface area (TPSA) is 32.3 Å². The summed E-state index contributed by atoms with van der Waals surface area (Å²) in [5.74, 6) is -7.47. The molecule has 1 saturated heterocycles. The number of nitrogens with zero attached hydrogens (tertiary/aromatic N) is 1. The van der Waals surface area contributed by atoms with Crippen LogP contribution in [0, 0.1) is 0 Å². The van der Waals surface area contributed by atoms with Crippen LogP contribution in [-0.2, 0) is 4.79 Å². The van der Waals surface area contributed by atoms with Crippen LogP contribution >= 0.6 is 0 Å². The van der Waals surface area contributed by atoms with E-state index >= 15 is 0 Å². The SMILES string of the molecule is CCC1CN(C(=O)C(F)(F)C(F)(F)F)C(CC)CN1. The Morgan fingerprint density at radius 1 is 1.21 bits per heavy atom. The van der Waals surface area contributed by atoms with E-state index in [-0.39, 0.29) is 19.1 Å². The fourth-order valence-corrected chi connectivity index (χ4v) is 2.05. The Morgan fingerprint density at radius 3 is 2.21 bits per heavy atom. The summed E-state index contributed by atoms with van der Waals surface area (Å²) in [6.07, 6.45) is -4.98. The van der Waals surface area contributed by atoms with Crippen molar-refractivity contribution >= 4 is 5.91 Å². The van der Waals surface area contributed by atoms with Gasteiger partial charge in [0.05, 0.1) is 0 Å². The highest BCUT2D eigenvalue weighted by atomic mass is 19.4. The van der Waals surface area contributed by atoms with Gasteiger partial charge in [-0.05, 0) is 12.8 Å². The molecule has 1 amide bonds. The summed E-state index contributed by atoms with van der Waals surface area (Å²) in [6.45, 7) is 3.52. The Balaban J connectivity index is 2.94. The number of hydrogen-bond donors (Lipinski definition) is 1. The molecule has 1 rings (SSSR count). The number of piperazine rings is 1. The van der Waals surface area contributed by atoms with Gasteiger partial charge in [0.15, 0.2) is 0 Å². The van der Waals surface area contributed by atoms with Crippen molar-refractivity contribution in [2.75, 3.05) is 13.1 Å². The summed E-state index contributed by atoms with van der Waals surface area (Å²) in [7, 11) is 0. The molecule has 0 aromatic carbocycles. The molecule has 1 fully saturated rings. The van der Waals surface area contributed by atoms with Crippen LogP contribution in [0.25, 0.3) is 0 Å². The van der Waals surface area contributed by atoms with Gasteiger partial charge in [-0.15, -0.1) is 0 Å². The van der Waals surface area contributed by atoms with Crippen molar-refractivity contribution in [3.05, 3.63) is 0 Å². The fraction of sp³-hybridized carbons (Fsp3) is 0.909. The molecular weight excluding hydrogens is 271 g/mol. The minimum Gasteiger partial charge on any atom is -0.331 e.